The van der Waals surface area contributed by atoms with Crippen LogP contribution in [0, 0.1) is 0 Å². The molecule has 0 bridgehead atoms. The molecule has 0 aliphatic rings. The third kappa shape index (κ3) is 2.10. The molecule has 0 saturated heterocycles. The minimum absolute atomic E-state index is 0.223. The van der Waals surface area contributed by atoms with Gasteiger partial charge >= 0.3 is 5.97 Å². The lowest BCUT2D eigenvalue weighted by atomic mass is 10.1. The third-order valence-corrected chi connectivity index (χ3v) is 3.73. The molecule has 0 aliphatic carbocycles. The zero-order valence-electron chi connectivity index (χ0n) is 10.5. The SMILES string of the molecule is COc1ccc2c(C(=O)O)cc(-c3cncs3)nc2c1. The molecule has 0 radical (unpaired) electrons. The summed E-state index contributed by atoms with van der Waals surface area (Å²) in [7, 11) is 1.56. The van der Waals surface area contributed by atoms with Gasteiger partial charge in [-0.05, 0) is 18.2 Å². The van der Waals surface area contributed by atoms with Crippen LogP contribution >= 0.6 is 11.3 Å². The maximum atomic E-state index is 11.4. The minimum atomic E-state index is -0.978. The molecule has 1 aromatic carbocycles. The zero-order chi connectivity index (χ0) is 14.1. The smallest absolute Gasteiger partial charge is 0.336 e. The summed E-state index contributed by atoms with van der Waals surface area (Å²) in [4.78, 5) is 20.7. The van der Waals surface area contributed by atoms with Crippen molar-refractivity contribution in [1.82, 2.24) is 9.97 Å². The molecule has 0 saturated carbocycles. The standard InChI is InChI=1S/C14H10N2O3S/c1-19-8-2-3-9-10(14(17)18)5-12(16-11(9)4-8)13-6-15-7-20-13/h2-7H,1H3,(H,17,18). The summed E-state index contributed by atoms with van der Waals surface area (Å²) in [6.45, 7) is 0. The highest BCUT2D eigenvalue weighted by Gasteiger charge is 2.14. The van der Waals surface area contributed by atoms with Crippen molar-refractivity contribution in [2.45, 2.75) is 0 Å². The van der Waals surface area contributed by atoms with Gasteiger partial charge in [-0.3, -0.25) is 4.98 Å². The largest absolute Gasteiger partial charge is 0.497 e. The number of nitrogens with zero attached hydrogens (tertiary/aromatic N) is 2. The van der Waals surface area contributed by atoms with Crippen molar-refractivity contribution in [3.05, 3.63) is 41.5 Å². The molecule has 1 N–H and O–H groups in total. The number of methoxy groups -OCH3 is 1. The number of carbonyl (C=O) groups is 1. The van der Waals surface area contributed by atoms with E-state index in [1.165, 1.54) is 11.3 Å². The number of carboxylic acids is 1. The van der Waals surface area contributed by atoms with Crippen LogP contribution in [-0.4, -0.2) is 28.2 Å². The third-order valence-electron chi connectivity index (χ3n) is 2.93. The van der Waals surface area contributed by atoms with Crippen molar-refractivity contribution < 1.29 is 14.6 Å². The number of benzene rings is 1. The Kier molecular flexibility index (Phi) is 3.08. The summed E-state index contributed by atoms with van der Waals surface area (Å²) >= 11 is 1.42. The molecule has 6 heteroatoms. The highest BCUT2D eigenvalue weighted by atomic mass is 32.1. The van der Waals surface area contributed by atoms with E-state index in [2.05, 4.69) is 9.97 Å². The molecule has 2 heterocycles. The number of hydrogen-bond donors (Lipinski definition) is 1. The van der Waals surface area contributed by atoms with Crippen LogP contribution in [0.15, 0.2) is 36.0 Å². The number of ether oxygens (including phenoxy) is 1. The topological polar surface area (TPSA) is 72.3 Å². The van der Waals surface area contributed by atoms with Gasteiger partial charge in [0.05, 0.1) is 34.3 Å². The van der Waals surface area contributed by atoms with E-state index in [1.54, 1.807) is 43.1 Å². The van der Waals surface area contributed by atoms with Crippen LogP contribution in [0.4, 0.5) is 0 Å². The van der Waals surface area contributed by atoms with Crippen LogP contribution < -0.4 is 4.74 Å². The second kappa shape index (κ2) is 4.90. The fourth-order valence-electron chi connectivity index (χ4n) is 1.98. The van der Waals surface area contributed by atoms with Crippen molar-refractivity contribution in [2.24, 2.45) is 0 Å². The fraction of sp³-hybridized carbons (Fsp3) is 0.0714. The molecule has 5 nitrogen and oxygen atoms in total. The fourth-order valence-corrected chi connectivity index (χ4v) is 2.56. The second-order valence-corrected chi connectivity index (χ2v) is 5.00. The van der Waals surface area contributed by atoms with Crippen LogP contribution in [0.3, 0.4) is 0 Å². The summed E-state index contributed by atoms with van der Waals surface area (Å²) in [5, 5.41) is 9.95. The maximum Gasteiger partial charge on any atom is 0.336 e. The molecule has 0 atom stereocenters. The molecule has 3 aromatic rings. The Morgan fingerprint density at radius 1 is 1.35 bits per heavy atom. The van der Waals surface area contributed by atoms with Gasteiger partial charge in [0.1, 0.15) is 5.75 Å². The second-order valence-electron chi connectivity index (χ2n) is 4.11. The average Bonchev–Trinajstić information content (AvgIpc) is 2.99. The summed E-state index contributed by atoms with van der Waals surface area (Å²) in [6.07, 6.45) is 1.67. The number of rotatable bonds is 3. The van der Waals surface area contributed by atoms with E-state index in [0.29, 0.717) is 22.3 Å². The van der Waals surface area contributed by atoms with Crippen LogP contribution in [0.2, 0.25) is 0 Å². The van der Waals surface area contributed by atoms with Crippen molar-refractivity contribution in [3.63, 3.8) is 0 Å². The molecular formula is C14H10N2O3S. The first-order valence-corrected chi connectivity index (χ1v) is 6.68. The summed E-state index contributed by atoms with van der Waals surface area (Å²) in [5.41, 5.74) is 3.10. The van der Waals surface area contributed by atoms with Crippen molar-refractivity contribution in [2.75, 3.05) is 7.11 Å². The quantitative estimate of drug-likeness (QED) is 0.801. The number of pyridine rings is 1. The summed E-state index contributed by atoms with van der Waals surface area (Å²) in [6, 6.07) is 6.74. The van der Waals surface area contributed by atoms with Gasteiger partial charge in [0.25, 0.3) is 0 Å². The van der Waals surface area contributed by atoms with Crippen molar-refractivity contribution >= 4 is 28.2 Å². The van der Waals surface area contributed by atoms with Crippen LogP contribution in [0.5, 0.6) is 5.75 Å². The molecule has 0 spiro atoms. The Labute approximate surface area is 118 Å². The first kappa shape index (κ1) is 12.6. The van der Waals surface area contributed by atoms with E-state index >= 15 is 0 Å². The molecule has 0 amide bonds. The van der Waals surface area contributed by atoms with E-state index in [4.69, 9.17) is 4.74 Å². The maximum absolute atomic E-state index is 11.4. The van der Waals surface area contributed by atoms with Crippen LogP contribution in [0.25, 0.3) is 21.5 Å². The van der Waals surface area contributed by atoms with E-state index in [-0.39, 0.29) is 5.56 Å². The molecule has 0 aliphatic heterocycles. The Morgan fingerprint density at radius 3 is 2.85 bits per heavy atom. The summed E-state index contributed by atoms with van der Waals surface area (Å²) < 4.78 is 5.16. The number of carboxylic acid groups (broad SMARTS) is 1. The van der Waals surface area contributed by atoms with E-state index in [1.807, 2.05) is 0 Å². The molecule has 2 aromatic heterocycles. The van der Waals surface area contributed by atoms with Gasteiger partial charge in [-0.1, -0.05) is 0 Å². The van der Waals surface area contributed by atoms with E-state index in [0.717, 1.165) is 4.88 Å². The number of hydrogen-bond acceptors (Lipinski definition) is 5. The molecular weight excluding hydrogens is 276 g/mol. The van der Waals surface area contributed by atoms with Crippen LogP contribution in [-0.2, 0) is 0 Å². The number of aromatic carboxylic acids is 1. The Morgan fingerprint density at radius 2 is 2.20 bits per heavy atom. The van der Waals surface area contributed by atoms with E-state index in [9.17, 15) is 9.90 Å². The minimum Gasteiger partial charge on any atom is -0.497 e. The zero-order valence-corrected chi connectivity index (χ0v) is 11.3. The lowest BCUT2D eigenvalue weighted by Crippen LogP contribution is -2.00. The van der Waals surface area contributed by atoms with Gasteiger partial charge in [-0.2, -0.15) is 0 Å². The monoisotopic (exact) mass is 286 g/mol. The average molecular weight is 286 g/mol. The highest BCUT2D eigenvalue weighted by Crippen LogP contribution is 2.29. The van der Waals surface area contributed by atoms with Gasteiger partial charge < -0.3 is 9.84 Å². The van der Waals surface area contributed by atoms with Gasteiger partial charge in [-0.25, -0.2) is 9.78 Å². The predicted octanol–water partition coefficient (Wildman–Crippen LogP) is 3.07. The van der Waals surface area contributed by atoms with Gasteiger partial charge in [-0.15, -0.1) is 11.3 Å². The number of aromatic nitrogens is 2. The Bertz CT molecular complexity index is 784. The van der Waals surface area contributed by atoms with Crippen LogP contribution in [0.1, 0.15) is 10.4 Å². The number of thiazole rings is 1. The first-order chi connectivity index (χ1) is 9.69. The first-order valence-electron chi connectivity index (χ1n) is 5.80. The van der Waals surface area contributed by atoms with Gasteiger partial charge in [0, 0.05) is 17.6 Å². The Hall–Kier alpha value is -2.47. The molecule has 0 fully saturated rings. The molecule has 20 heavy (non-hydrogen) atoms. The molecule has 3 rings (SSSR count). The van der Waals surface area contributed by atoms with Crippen molar-refractivity contribution in [3.8, 4) is 16.3 Å². The molecule has 100 valence electrons. The lowest BCUT2D eigenvalue weighted by molar-refractivity contribution is 0.0699. The van der Waals surface area contributed by atoms with Crippen molar-refractivity contribution in [1.29, 1.82) is 0 Å². The molecule has 0 unspecified atom stereocenters. The highest BCUT2D eigenvalue weighted by molar-refractivity contribution is 7.13. The predicted molar refractivity (Wildman–Crippen MR) is 76.4 cm³/mol. The van der Waals surface area contributed by atoms with E-state index < -0.39 is 5.97 Å². The van der Waals surface area contributed by atoms with Gasteiger partial charge in [0.15, 0.2) is 0 Å². The number of fused-ring (bicyclic) bond motifs is 1. The normalized spacial score (nSPS) is 10.7. The summed E-state index contributed by atoms with van der Waals surface area (Å²) in [5.74, 6) is -0.337. The van der Waals surface area contributed by atoms with Gasteiger partial charge in [0.2, 0.25) is 0 Å². The Balaban J connectivity index is 2.31. The lowest BCUT2D eigenvalue weighted by Gasteiger charge is -2.07.